The zero-order chi connectivity index (χ0) is 26.1. The maximum atomic E-state index is 12.5. The lowest BCUT2D eigenvalue weighted by Gasteiger charge is -2.22. The number of amides is 1. The Hall–Kier alpha value is -3.89. The van der Waals surface area contributed by atoms with E-state index in [2.05, 4.69) is 15.3 Å². The first-order valence-electron chi connectivity index (χ1n) is 10.6. The maximum Gasteiger partial charge on any atom is 0.343 e. The summed E-state index contributed by atoms with van der Waals surface area (Å²) in [4.78, 5) is 23.7. The number of anilines is 1. The molecule has 0 aliphatic carbocycles. The van der Waals surface area contributed by atoms with E-state index in [1.807, 2.05) is 0 Å². The SMILES string of the molecule is COC(=O)COc1cccc(/C=N\NC(=O)c2ccc(N(Cc3ccc(Cl)cc3)S(C)(=O)=O)cc2)c1. The summed E-state index contributed by atoms with van der Waals surface area (Å²) in [5.41, 5.74) is 4.53. The van der Waals surface area contributed by atoms with Crippen molar-refractivity contribution in [2.24, 2.45) is 5.10 Å². The van der Waals surface area contributed by atoms with Gasteiger partial charge in [0, 0.05) is 10.6 Å². The highest BCUT2D eigenvalue weighted by Crippen LogP contribution is 2.22. The van der Waals surface area contributed by atoms with Gasteiger partial charge in [0.1, 0.15) is 5.75 Å². The highest BCUT2D eigenvalue weighted by Gasteiger charge is 2.18. The molecule has 0 heterocycles. The van der Waals surface area contributed by atoms with E-state index >= 15 is 0 Å². The zero-order valence-electron chi connectivity index (χ0n) is 19.5. The number of hydrogen-bond acceptors (Lipinski definition) is 7. The van der Waals surface area contributed by atoms with Gasteiger partial charge in [-0.15, -0.1) is 0 Å². The van der Waals surface area contributed by atoms with Gasteiger partial charge in [-0.25, -0.2) is 18.6 Å². The summed E-state index contributed by atoms with van der Waals surface area (Å²) < 4.78 is 35.8. The average Bonchev–Trinajstić information content (AvgIpc) is 2.86. The number of hydrazone groups is 1. The third-order valence-corrected chi connectivity index (χ3v) is 6.27. The van der Waals surface area contributed by atoms with Crippen molar-refractivity contribution in [1.29, 1.82) is 0 Å². The largest absolute Gasteiger partial charge is 0.482 e. The van der Waals surface area contributed by atoms with Crippen LogP contribution < -0.4 is 14.5 Å². The number of carbonyl (C=O) groups is 2. The van der Waals surface area contributed by atoms with Crippen LogP contribution in [0.15, 0.2) is 77.9 Å². The summed E-state index contributed by atoms with van der Waals surface area (Å²) in [6, 6.07) is 19.8. The Morgan fingerprint density at radius 2 is 1.75 bits per heavy atom. The molecule has 0 bridgehead atoms. The molecule has 0 fully saturated rings. The molecule has 9 nitrogen and oxygen atoms in total. The average molecular weight is 530 g/mol. The van der Waals surface area contributed by atoms with Crippen LogP contribution in [-0.4, -0.2) is 46.5 Å². The number of esters is 1. The summed E-state index contributed by atoms with van der Waals surface area (Å²) in [6.07, 6.45) is 2.54. The summed E-state index contributed by atoms with van der Waals surface area (Å²) in [5, 5.41) is 4.50. The van der Waals surface area contributed by atoms with Gasteiger partial charge in [0.15, 0.2) is 6.61 Å². The minimum absolute atomic E-state index is 0.119. The first-order valence-corrected chi connectivity index (χ1v) is 12.8. The predicted octanol–water partition coefficient (Wildman–Crippen LogP) is 3.62. The van der Waals surface area contributed by atoms with Crippen molar-refractivity contribution in [3.8, 4) is 5.75 Å². The normalized spacial score (nSPS) is 11.2. The molecule has 0 spiro atoms. The highest BCUT2D eigenvalue weighted by molar-refractivity contribution is 7.92. The lowest BCUT2D eigenvalue weighted by atomic mass is 10.2. The number of nitrogens with one attached hydrogen (secondary N) is 1. The number of nitrogens with zero attached hydrogens (tertiary/aromatic N) is 2. The Morgan fingerprint density at radius 1 is 1.06 bits per heavy atom. The van der Waals surface area contributed by atoms with E-state index < -0.39 is 21.9 Å². The monoisotopic (exact) mass is 529 g/mol. The standard InChI is InChI=1S/C25H24ClN3O6S/c1-34-24(30)17-35-23-5-3-4-19(14-23)15-27-28-25(31)20-8-12-22(13-9-20)29(36(2,32)33)16-18-6-10-21(26)11-7-18/h3-15H,16-17H2,1-2H3,(H,28,31)/b27-15-. The Balaban J connectivity index is 1.64. The summed E-state index contributed by atoms with van der Waals surface area (Å²) in [6.45, 7) is -0.103. The first-order chi connectivity index (χ1) is 17.2. The van der Waals surface area contributed by atoms with Crippen LogP contribution in [0, 0.1) is 0 Å². The van der Waals surface area contributed by atoms with E-state index in [0.717, 1.165) is 11.8 Å². The lowest BCUT2D eigenvalue weighted by molar-refractivity contribution is -0.142. The molecule has 0 aromatic heterocycles. The topological polar surface area (TPSA) is 114 Å². The minimum Gasteiger partial charge on any atom is -0.482 e. The van der Waals surface area contributed by atoms with Crippen LogP contribution in [0.5, 0.6) is 5.75 Å². The van der Waals surface area contributed by atoms with E-state index in [1.54, 1.807) is 60.7 Å². The molecule has 0 aliphatic heterocycles. The van der Waals surface area contributed by atoms with Gasteiger partial charge in [0.2, 0.25) is 10.0 Å². The fourth-order valence-electron chi connectivity index (χ4n) is 3.05. The van der Waals surface area contributed by atoms with Crippen LogP contribution in [0.1, 0.15) is 21.5 Å². The molecule has 0 unspecified atom stereocenters. The van der Waals surface area contributed by atoms with Gasteiger partial charge in [-0.05, 0) is 59.7 Å². The van der Waals surface area contributed by atoms with Crippen molar-refractivity contribution in [3.05, 3.63) is 94.5 Å². The zero-order valence-corrected chi connectivity index (χ0v) is 21.1. The molecular weight excluding hydrogens is 506 g/mol. The third kappa shape index (κ3) is 7.82. The molecule has 3 aromatic carbocycles. The van der Waals surface area contributed by atoms with Crippen molar-refractivity contribution in [2.75, 3.05) is 24.3 Å². The second kappa shape index (κ2) is 12.2. The van der Waals surface area contributed by atoms with Crippen molar-refractivity contribution >= 4 is 45.4 Å². The number of hydrogen-bond donors (Lipinski definition) is 1. The molecule has 11 heteroatoms. The fourth-order valence-corrected chi connectivity index (χ4v) is 4.06. The molecule has 3 aromatic rings. The van der Waals surface area contributed by atoms with Crippen LogP contribution in [0.25, 0.3) is 0 Å². The van der Waals surface area contributed by atoms with E-state index in [0.29, 0.717) is 27.6 Å². The quantitative estimate of drug-likeness (QED) is 0.244. The Labute approximate surface area is 214 Å². The minimum atomic E-state index is -3.58. The van der Waals surface area contributed by atoms with Crippen LogP contribution in [0.3, 0.4) is 0 Å². The molecule has 36 heavy (non-hydrogen) atoms. The number of rotatable bonds is 10. The van der Waals surface area contributed by atoms with Crippen LogP contribution >= 0.6 is 11.6 Å². The second-order valence-corrected chi connectivity index (χ2v) is 9.92. The molecule has 1 N–H and O–H groups in total. The van der Waals surface area contributed by atoms with Crippen molar-refractivity contribution < 1.29 is 27.5 Å². The van der Waals surface area contributed by atoms with Gasteiger partial charge in [0.05, 0.1) is 31.8 Å². The first kappa shape index (κ1) is 26.7. The Bertz CT molecular complexity index is 1340. The number of halogens is 1. The molecule has 188 valence electrons. The number of benzene rings is 3. The van der Waals surface area contributed by atoms with Gasteiger partial charge < -0.3 is 9.47 Å². The van der Waals surface area contributed by atoms with Crippen LogP contribution in [0.4, 0.5) is 5.69 Å². The van der Waals surface area contributed by atoms with Gasteiger partial charge in [-0.3, -0.25) is 9.10 Å². The maximum absolute atomic E-state index is 12.5. The smallest absolute Gasteiger partial charge is 0.343 e. The molecule has 0 radical (unpaired) electrons. The van der Waals surface area contributed by atoms with E-state index in [1.165, 1.54) is 29.8 Å². The van der Waals surface area contributed by atoms with E-state index in [4.69, 9.17) is 16.3 Å². The summed E-state index contributed by atoms with van der Waals surface area (Å²) >= 11 is 5.91. The van der Waals surface area contributed by atoms with Gasteiger partial charge in [0.25, 0.3) is 5.91 Å². The number of methoxy groups -OCH3 is 1. The van der Waals surface area contributed by atoms with Crippen LogP contribution in [0.2, 0.25) is 5.02 Å². The number of sulfonamides is 1. The van der Waals surface area contributed by atoms with Gasteiger partial charge in [-0.2, -0.15) is 5.10 Å². The predicted molar refractivity (Wildman–Crippen MR) is 138 cm³/mol. The molecule has 0 saturated heterocycles. The summed E-state index contributed by atoms with van der Waals surface area (Å²) in [7, 11) is -2.31. The summed E-state index contributed by atoms with van der Waals surface area (Å²) in [5.74, 6) is -0.531. The Kier molecular flexibility index (Phi) is 9.04. The van der Waals surface area contributed by atoms with Crippen molar-refractivity contribution in [1.82, 2.24) is 5.43 Å². The molecule has 0 saturated carbocycles. The van der Waals surface area contributed by atoms with Crippen molar-refractivity contribution in [3.63, 3.8) is 0 Å². The molecular formula is C25H24ClN3O6S. The molecule has 1 amide bonds. The molecule has 0 atom stereocenters. The molecule has 3 rings (SSSR count). The molecule has 0 aliphatic rings. The fraction of sp³-hybridized carbons (Fsp3) is 0.160. The second-order valence-electron chi connectivity index (χ2n) is 7.58. The van der Waals surface area contributed by atoms with E-state index in [-0.39, 0.29) is 13.2 Å². The van der Waals surface area contributed by atoms with Gasteiger partial charge >= 0.3 is 5.97 Å². The van der Waals surface area contributed by atoms with Crippen LogP contribution in [-0.2, 0) is 26.1 Å². The number of ether oxygens (including phenoxy) is 2. The number of carbonyl (C=O) groups excluding carboxylic acids is 2. The van der Waals surface area contributed by atoms with Gasteiger partial charge in [-0.1, -0.05) is 35.9 Å². The Morgan fingerprint density at radius 3 is 2.39 bits per heavy atom. The third-order valence-electron chi connectivity index (χ3n) is 4.88. The highest BCUT2D eigenvalue weighted by atomic mass is 35.5. The van der Waals surface area contributed by atoms with E-state index in [9.17, 15) is 18.0 Å². The lowest BCUT2D eigenvalue weighted by Crippen LogP contribution is -2.29. The van der Waals surface area contributed by atoms with Crippen molar-refractivity contribution in [2.45, 2.75) is 6.54 Å².